The van der Waals surface area contributed by atoms with Gasteiger partial charge in [0.05, 0.1) is 6.54 Å². The summed E-state index contributed by atoms with van der Waals surface area (Å²) in [6.45, 7) is 2.26. The summed E-state index contributed by atoms with van der Waals surface area (Å²) >= 11 is 0. The molecular formula is C20H17FN2O. The van der Waals surface area contributed by atoms with Gasteiger partial charge in [-0.2, -0.15) is 0 Å². The average Bonchev–Trinajstić information content (AvgIpc) is 2.60. The quantitative estimate of drug-likeness (QED) is 0.715. The Kier molecular flexibility index (Phi) is 4.66. The largest absolute Gasteiger partial charge is 0.304 e. The number of carbonyl (C=O) groups is 1. The Balaban J connectivity index is 1.99. The van der Waals surface area contributed by atoms with Gasteiger partial charge in [-0.05, 0) is 48.9 Å². The van der Waals surface area contributed by atoms with E-state index in [4.69, 9.17) is 0 Å². The Labute approximate surface area is 140 Å². The molecule has 1 aromatic heterocycles. The van der Waals surface area contributed by atoms with Gasteiger partial charge in [0, 0.05) is 23.6 Å². The number of amides is 1. The number of pyridine rings is 1. The SMILES string of the molecule is Cc1cccc(C(=O)N(Cc2cccnc2)c2cccc(F)c2)c1. The Morgan fingerprint density at radius 3 is 2.62 bits per heavy atom. The van der Waals surface area contributed by atoms with Crippen molar-refractivity contribution in [1.29, 1.82) is 0 Å². The summed E-state index contributed by atoms with van der Waals surface area (Å²) in [7, 11) is 0. The maximum absolute atomic E-state index is 13.6. The van der Waals surface area contributed by atoms with E-state index in [9.17, 15) is 9.18 Å². The van der Waals surface area contributed by atoms with E-state index in [2.05, 4.69) is 4.98 Å². The molecule has 0 atom stereocenters. The highest BCUT2D eigenvalue weighted by molar-refractivity contribution is 6.06. The van der Waals surface area contributed by atoms with Crippen molar-refractivity contribution in [1.82, 2.24) is 4.98 Å². The molecule has 24 heavy (non-hydrogen) atoms. The van der Waals surface area contributed by atoms with Crippen molar-refractivity contribution in [2.24, 2.45) is 0 Å². The standard InChI is InChI=1S/C20H17FN2O/c1-15-5-2-7-17(11-15)20(24)23(14-16-6-4-10-22-13-16)19-9-3-8-18(21)12-19/h2-13H,14H2,1H3. The van der Waals surface area contributed by atoms with Crippen molar-refractivity contribution >= 4 is 11.6 Å². The Bertz CT molecular complexity index is 849. The molecule has 0 N–H and O–H groups in total. The zero-order chi connectivity index (χ0) is 16.9. The number of carbonyl (C=O) groups excluding carboxylic acids is 1. The minimum atomic E-state index is -0.374. The van der Waals surface area contributed by atoms with Gasteiger partial charge >= 0.3 is 0 Å². The molecule has 0 fully saturated rings. The molecule has 1 amide bonds. The van der Waals surface area contributed by atoms with Gasteiger partial charge in [-0.25, -0.2) is 4.39 Å². The molecule has 0 bridgehead atoms. The van der Waals surface area contributed by atoms with Crippen molar-refractivity contribution < 1.29 is 9.18 Å². The second-order valence-corrected chi connectivity index (χ2v) is 5.60. The first-order valence-corrected chi connectivity index (χ1v) is 7.66. The lowest BCUT2D eigenvalue weighted by Gasteiger charge is -2.23. The Morgan fingerprint density at radius 2 is 1.92 bits per heavy atom. The summed E-state index contributed by atoms with van der Waals surface area (Å²) in [5, 5.41) is 0. The lowest BCUT2D eigenvalue weighted by Crippen LogP contribution is -2.30. The molecule has 0 spiro atoms. The minimum Gasteiger partial charge on any atom is -0.304 e. The van der Waals surface area contributed by atoms with E-state index < -0.39 is 0 Å². The Hall–Kier alpha value is -3.01. The summed E-state index contributed by atoms with van der Waals surface area (Å²) < 4.78 is 13.6. The molecule has 0 unspecified atom stereocenters. The molecule has 0 aliphatic heterocycles. The van der Waals surface area contributed by atoms with Gasteiger partial charge in [0.25, 0.3) is 5.91 Å². The maximum Gasteiger partial charge on any atom is 0.258 e. The third-order valence-electron chi connectivity index (χ3n) is 3.69. The molecule has 120 valence electrons. The average molecular weight is 320 g/mol. The van der Waals surface area contributed by atoms with Crippen LogP contribution in [0.25, 0.3) is 0 Å². The Morgan fingerprint density at radius 1 is 1.08 bits per heavy atom. The molecule has 2 aromatic carbocycles. The van der Waals surface area contributed by atoms with Gasteiger partial charge in [-0.1, -0.05) is 29.8 Å². The zero-order valence-corrected chi connectivity index (χ0v) is 13.3. The van der Waals surface area contributed by atoms with Crippen LogP contribution in [0.1, 0.15) is 21.5 Å². The fourth-order valence-corrected chi connectivity index (χ4v) is 2.53. The van der Waals surface area contributed by atoms with Gasteiger partial charge < -0.3 is 4.90 Å². The molecular weight excluding hydrogens is 303 g/mol. The van der Waals surface area contributed by atoms with Crippen LogP contribution in [-0.4, -0.2) is 10.9 Å². The van der Waals surface area contributed by atoms with Crippen molar-refractivity contribution in [2.45, 2.75) is 13.5 Å². The minimum absolute atomic E-state index is 0.173. The molecule has 0 radical (unpaired) electrons. The van der Waals surface area contributed by atoms with Crippen LogP contribution in [0.5, 0.6) is 0 Å². The normalized spacial score (nSPS) is 10.4. The number of aromatic nitrogens is 1. The van der Waals surface area contributed by atoms with Crippen LogP contribution in [0.15, 0.2) is 73.1 Å². The van der Waals surface area contributed by atoms with Gasteiger partial charge in [0.15, 0.2) is 0 Å². The van der Waals surface area contributed by atoms with Gasteiger partial charge in [0.1, 0.15) is 5.82 Å². The first kappa shape index (κ1) is 15.9. The maximum atomic E-state index is 13.6. The number of aryl methyl sites for hydroxylation is 1. The van der Waals surface area contributed by atoms with Crippen LogP contribution in [0.3, 0.4) is 0 Å². The number of anilines is 1. The van der Waals surface area contributed by atoms with E-state index in [-0.39, 0.29) is 11.7 Å². The summed E-state index contributed by atoms with van der Waals surface area (Å²) in [5.74, 6) is -0.547. The van der Waals surface area contributed by atoms with E-state index in [1.165, 1.54) is 12.1 Å². The van der Waals surface area contributed by atoms with Crippen LogP contribution in [-0.2, 0) is 6.54 Å². The van der Waals surface area contributed by atoms with E-state index in [0.29, 0.717) is 17.8 Å². The van der Waals surface area contributed by atoms with Gasteiger partial charge in [-0.3, -0.25) is 9.78 Å². The molecule has 3 rings (SSSR count). The second kappa shape index (κ2) is 7.04. The monoisotopic (exact) mass is 320 g/mol. The van der Waals surface area contributed by atoms with Crippen molar-refractivity contribution in [3.05, 3.63) is 95.6 Å². The van der Waals surface area contributed by atoms with Crippen LogP contribution in [0.2, 0.25) is 0 Å². The molecule has 1 heterocycles. The molecule has 3 aromatic rings. The fourth-order valence-electron chi connectivity index (χ4n) is 2.53. The summed E-state index contributed by atoms with van der Waals surface area (Å²) in [5.41, 5.74) is 2.97. The molecule has 3 nitrogen and oxygen atoms in total. The lowest BCUT2D eigenvalue weighted by atomic mass is 10.1. The van der Waals surface area contributed by atoms with Crippen molar-refractivity contribution in [3.63, 3.8) is 0 Å². The topological polar surface area (TPSA) is 33.2 Å². The fraction of sp³-hybridized carbons (Fsp3) is 0.100. The molecule has 0 aliphatic rings. The first-order chi connectivity index (χ1) is 11.6. The summed E-state index contributed by atoms with van der Waals surface area (Å²) in [6, 6.07) is 17.1. The summed E-state index contributed by atoms with van der Waals surface area (Å²) in [6.07, 6.45) is 3.38. The number of halogens is 1. The van der Waals surface area contributed by atoms with E-state index in [1.54, 1.807) is 35.5 Å². The number of benzene rings is 2. The smallest absolute Gasteiger partial charge is 0.258 e. The lowest BCUT2D eigenvalue weighted by molar-refractivity contribution is 0.0985. The zero-order valence-electron chi connectivity index (χ0n) is 13.3. The molecule has 0 aliphatic carbocycles. The second-order valence-electron chi connectivity index (χ2n) is 5.60. The highest BCUT2D eigenvalue weighted by atomic mass is 19.1. The number of nitrogens with zero attached hydrogens (tertiary/aromatic N) is 2. The summed E-state index contributed by atoms with van der Waals surface area (Å²) in [4.78, 5) is 18.6. The van der Waals surface area contributed by atoms with Crippen LogP contribution < -0.4 is 4.90 Å². The third kappa shape index (κ3) is 3.66. The van der Waals surface area contributed by atoms with Crippen LogP contribution in [0.4, 0.5) is 10.1 Å². The van der Waals surface area contributed by atoms with E-state index >= 15 is 0 Å². The van der Waals surface area contributed by atoms with Crippen molar-refractivity contribution in [2.75, 3.05) is 4.90 Å². The van der Waals surface area contributed by atoms with E-state index in [0.717, 1.165) is 11.1 Å². The predicted molar refractivity (Wildman–Crippen MR) is 92.3 cm³/mol. The predicted octanol–water partition coefficient (Wildman–Crippen LogP) is 4.38. The third-order valence-corrected chi connectivity index (χ3v) is 3.69. The van der Waals surface area contributed by atoms with Crippen LogP contribution >= 0.6 is 0 Å². The number of rotatable bonds is 4. The van der Waals surface area contributed by atoms with Crippen molar-refractivity contribution in [3.8, 4) is 0 Å². The van der Waals surface area contributed by atoms with Crippen LogP contribution in [0, 0.1) is 12.7 Å². The highest BCUT2D eigenvalue weighted by Gasteiger charge is 2.19. The highest BCUT2D eigenvalue weighted by Crippen LogP contribution is 2.21. The first-order valence-electron chi connectivity index (χ1n) is 7.66. The van der Waals surface area contributed by atoms with E-state index in [1.807, 2.05) is 37.3 Å². The van der Waals surface area contributed by atoms with Gasteiger partial charge in [0.2, 0.25) is 0 Å². The molecule has 4 heteroatoms. The van der Waals surface area contributed by atoms with Gasteiger partial charge in [-0.15, -0.1) is 0 Å². The number of hydrogen-bond acceptors (Lipinski definition) is 2. The number of hydrogen-bond donors (Lipinski definition) is 0. The molecule has 0 saturated carbocycles. The molecule has 0 saturated heterocycles.